The van der Waals surface area contributed by atoms with E-state index < -0.39 is 0 Å². The van der Waals surface area contributed by atoms with E-state index in [9.17, 15) is 9.59 Å². The summed E-state index contributed by atoms with van der Waals surface area (Å²) in [4.78, 5) is 22.8. The maximum absolute atomic E-state index is 11.4. The number of amides is 2. The highest BCUT2D eigenvalue weighted by Gasteiger charge is 2.29. The van der Waals surface area contributed by atoms with Gasteiger partial charge >= 0.3 is 12.2 Å². The maximum Gasteiger partial charge on any atom is 0.407 e. The minimum absolute atomic E-state index is 0. The predicted octanol–water partition coefficient (Wildman–Crippen LogP) is 3.65. The van der Waals surface area contributed by atoms with Crippen molar-refractivity contribution in [3.8, 4) is 0 Å². The van der Waals surface area contributed by atoms with E-state index in [0.29, 0.717) is 13.2 Å². The van der Waals surface area contributed by atoms with Crippen LogP contribution in [-0.2, 0) is 22.7 Å². The highest BCUT2D eigenvalue weighted by Crippen LogP contribution is 2.18. The Morgan fingerprint density at radius 1 is 0.676 bits per heavy atom. The summed E-state index contributed by atoms with van der Waals surface area (Å²) in [5.41, 5.74) is 13.4. The van der Waals surface area contributed by atoms with Crippen LogP contribution in [0.1, 0.15) is 36.8 Å². The standard InChI is InChI=1S/2C12H16N2O2.2ClH/c2*13-10-6-7-11(10)14-12(15)16-8-9-4-2-1-3-5-9;;/h2*1-5,10-11H,6-8,13H2,(H,14,15);2*1H/t2*10-,11+;;/m10../s1. The Morgan fingerprint density at radius 2 is 1.03 bits per heavy atom. The maximum atomic E-state index is 11.4. The monoisotopic (exact) mass is 512 g/mol. The van der Waals surface area contributed by atoms with Gasteiger partial charge in [-0.2, -0.15) is 0 Å². The number of nitrogens with one attached hydrogen (secondary N) is 2. The minimum Gasteiger partial charge on any atom is -0.445 e. The number of rotatable bonds is 6. The SMILES string of the molecule is Cl.Cl.N[C@@H]1CC[C@@H]1NC(=O)OCc1ccccc1.N[C@H]1CC[C@H]1NC(=O)OCc1ccccc1. The van der Waals surface area contributed by atoms with Crippen LogP contribution in [0.4, 0.5) is 9.59 Å². The number of ether oxygens (including phenoxy) is 2. The van der Waals surface area contributed by atoms with E-state index >= 15 is 0 Å². The van der Waals surface area contributed by atoms with Gasteiger partial charge in [0.05, 0.1) is 0 Å². The molecule has 0 radical (unpaired) electrons. The van der Waals surface area contributed by atoms with Crippen molar-refractivity contribution in [2.24, 2.45) is 11.5 Å². The molecule has 0 unspecified atom stereocenters. The summed E-state index contributed by atoms with van der Waals surface area (Å²) in [5, 5.41) is 5.50. The Balaban J connectivity index is 0.000000321. The average molecular weight is 513 g/mol. The molecule has 4 atom stereocenters. The zero-order valence-corrected chi connectivity index (χ0v) is 20.6. The quantitative estimate of drug-likeness (QED) is 0.467. The number of hydrogen-bond acceptors (Lipinski definition) is 6. The first-order valence-corrected chi connectivity index (χ1v) is 11.0. The molecular weight excluding hydrogens is 479 g/mol. The average Bonchev–Trinajstić information content (AvgIpc) is 2.83. The lowest BCUT2D eigenvalue weighted by Crippen LogP contribution is -2.54. The normalized spacial score (nSPS) is 21.9. The molecule has 2 aromatic rings. The van der Waals surface area contributed by atoms with Crippen molar-refractivity contribution in [2.75, 3.05) is 0 Å². The molecule has 2 saturated carbocycles. The number of alkyl carbamates (subject to hydrolysis) is 2. The molecule has 0 aromatic heterocycles. The van der Waals surface area contributed by atoms with Crippen molar-refractivity contribution in [2.45, 2.75) is 63.1 Å². The van der Waals surface area contributed by atoms with E-state index in [-0.39, 0.29) is 61.2 Å². The van der Waals surface area contributed by atoms with E-state index in [2.05, 4.69) is 10.6 Å². The first-order chi connectivity index (χ1) is 15.5. The lowest BCUT2D eigenvalue weighted by molar-refractivity contribution is 0.126. The van der Waals surface area contributed by atoms with Gasteiger partial charge in [-0.1, -0.05) is 60.7 Å². The van der Waals surface area contributed by atoms with Crippen molar-refractivity contribution in [1.82, 2.24) is 10.6 Å². The smallest absolute Gasteiger partial charge is 0.407 e. The van der Waals surface area contributed by atoms with E-state index in [4.69, 9.17) is 20.9 Å². The molecular formula is C24H34Cl2N4O4. The Hall–Kier alpha value is -2.52. The van der Waals surface area contributed by atoms with Crippen LogP contribution in [0.15, 0.2) is 60.7 Å². The van der Waals surface area contributed by atoms with Crippen LogP contribution in [0.3, 0.4) is 0 Å². The molecule has 8 nitrogen and oxygen atoms in total. The third-order valence-electron chi connectivity index (χ3n) is 5.69. The van der Waals surface area contributed by atoms with E-state index in [1.54, 1.807) is 0 Å². The van der Waals surface area contributed by atoms with E-state index in [0.717, 1.165) is 36.8 Å². The Labute approximate surface area is 212 Å². The van der Waals surface area contributed by atoms with Crippen molar-refractivity contribution < 1.29 is 19.1 Å². The molecule has 0 spiro atoms. The zero-order valence-electron chi connectivity index (χ0n) is 18.9. The van der Waals surface area contributed by atoms with Gasteiger partial charge < -0.3 is 31.6 Å². The van der Waals surface area contributed by atoms with Crippen LogP contribution in [-0.4, -0.2) is 36.4 Å². The molecule has 6 N–H and O–H groups in total. The van der Waals surface area contributed by atoms with Gasteiger partial charge in [0.1, 0.15) is 13.2 Å². The number of nitrogens with two attached hydrogens (primary N) is 2. The van der Waals surface area contributed by atoms with E-state index in [1.165, 1.54) is 0 Å². The molecule has 2 aliphatic carbocycles. The summed E-state index contributed by atoms with van der Waals surface area (Å²) in [7, 11) is 0. The first kappa shape index (κ1) is 29.5. The zero-order chi connectivity index (χ0) is 22.8. The fraction of sp³-hybridized carbons (Fsp3) is 0.417. The highest BCUT2D eigenvalue weighted by atomic mass is 35.5. The Bertz CT molecular complexity index is 789. The van der Waals surface area contributed by atoms with Crippen molar-refractivity contribution in [3.63, 3.8) is 0 Å². The second kappa shape index (κ2) is 15.4. The summed E-state index contributed by atoms with van der Waals surface area (Å²) in [6.45, 7) is 0.600. The first-order valence-electron chi connectivity index (χ1n) is 11.0. The number of carbonyl (C=O) groups is 2. The fourth-order valence-corrected chi connectivity index (χ4v) is 3.24. The number of halogens is 2. The summed E-state index contributed by atoms with van der Waals surface area (Å²) >= 11 is 0. The number of benzene rings is 2. The highest BCUT2D eigenvalue weighted by molar-refractivity contribution is 5.85. The van der Waals surface area contributed by atoms with Crippen LogP contribution in [0, 0.1) is 0 Å². The second-order valence-electron chi connectivity index (χ2n) is 8.11. The second-order valence-corrected chi connectivity index (χ2v) is 8.11. The summed E-state index contributed by atoms with van der Waals surface area (Å²) in [6.07, 6.45) is 3.07. The van der Waals surface area contributed by atoms with Gasteiger partial charge in [-0.15, -0.1) is 24.8 Å². The summed E-state index contributed by atoms with van der Waals surface area (Å²) < 4.78 is 10.2. The molecule has 188 valence electrons. The van der Waals surface area contributed by atoms with Crippen LogP contribution < -0.4 is 22.1 Å². The molecule has 4 rings (SSSR count). The van der Waals surface area contributed by atoms with E-state index in [1.807, 2.05) is 60.7 Å². The Kier molecular flexibility index (Phi) is 13.4. The molecule has 0 saturated heterocycles. The molecule has 0 bridgehead atoms. The van der Waals surface area contributed by atoms with Crippen molar-refractivity contribution >= 4 is 37.0 Å². The van der Waals surface area contributed by atoms with Gasteiger partial charge in [-0.3, -0.25) is 0 Å². The molecule has 2 aromatic carbocycles. The van der Waals surface area contributed by atoms with Gasteiger partial charge in [0.2, 0.25) is 0 Å². The lowest BCUT2D eigenvalue weighted by Gasteiger charge is -2.33. The van der Waals surface area contributed by atoms with Gasteiger partial charge in [-0.05, 0) is 36.8 Å². The van der Waals surface area contributed by atoms with Gasteiger partial charge in [0.25, 0.3) is 0 Å². The van der Waals surface area contributed by atoms with Gasteiger partial charge in [-0.25, -0.2) is 9.59 Å². The number of carbonyl (C=O) groups excluding carboxylic acids is 2. The number of hydrogen-bond donors (Lipinski definition) is 4. The molecule has 2 amide bonds. The minimum atomic E-state index is -0.385. The molecule has 0 heterocycles. The summed E-state index contributed by atoms with van der Waals surface area (Å²) in [6, 6.07) is 19.5. The topological polar surface area (TPSA) is 129 Å². The van der Waals surface area contributed by atoms with Gasteiger partial charge in [0, 0.05) is 24.2 Å². The third kappa shape index (κ3) is 9.77. The van der Waals surface area contributed by atoms with Crippen LogP contribution in [0.2, 0.25) is 0 Å². The molecule has 2 aliphatic rings. The lowest BCUT2D eigenvalue weighted by atomic mass is 9.87. The molecule has 2 fully saturated rings. The van der Waals surface area contributed by atoms with Crippen molar-refractivity contribution in [3.05, 3.63) is 71.8 Å². The molecule has 10 heteroatoms. The fourth-order valence-electron chi connectivity index (χ4n) is 3.24. The van der Waals surface area contributed by atoms with Crippen LogP contribution in [0.5, 0.6) is 0 Å². The summed E-state index contributed by atoms with van der Waals surface area (Å²) in [5.74, 6) is 0. The van der Waals surface area contributed by atoms with Gasteiger partial charge in [0.15, 0.2) is 0 Å². The largest absolute Gasteiger partial charge is 0.445 e. The predicted molar refractivity (Wildman–Crippen MR) is 136 cm³/mol. The molecule has 0 aliphatic heterocycles. The third-order valence-corrected chi connectivity index (χ3v) is 5.69. The van der Waals surface area contributed by atoms with Crippen LogP contribution >= 0.6 is 24.8 Å². The molecule has 34 heavy (non-hydrogen) atoms. The van der Waals surface area contributed by atoms with Crippen LogP contribution in [0.25, 0.3) is 0 Å². The Morgan fingerprint density at radius 3 is 1.29 bits per heavy atom. The van der Waals surface area contributed by atoms with Crippen molar-refractivity contribution in [1.29, 1.82) is 0 Å².